The highest BCUT2D eigenvalue weighted by Gasteiger charge is 2.40. The number of hydrogen-bond acceptors (Lipinski definition) is 4. The number of rotatable bonds is 1. The van der Waals surface area contributed by atoms with E-state index in [1.165, 1.54) is 0 Å². The molecule has 0 aliphatic heterocycles. The van der Waals surface area contributed by atoms with Crippen molar-refractivity contribution in [1.82, 2.24) is 9.59 Å². The summed E-state index contributed by atoms with van der Waals surface area (Å²) in [6, 6.07) is 0. The molecule has 0 aliphatic rings. The van der Waals surface area contributed by atoms with Crippen LogP contribution in [0.15, 0.2) is 5.38 Å². The zero-order valence-corrected chi connectivity index (χ0v) is 5.85. The van der Waals surface area contributed by atoms with Gasteiger partial charge in [-0.1, -0.05) is 4.49 Å². The Kier molecular flexibility index (Phi) is 2.10. The molecule has 0 spiro atoms. The van der Waals surface area contributed by atoms with Gasteiger partial charge in [-0.3, -0.25) is 0 Å². The van der Waals surface area contributed by atoms with E-state index in [0.29, 0.717) is 0 Å². The van der Waals surface area contributed by atoms with Crippen LogP contribution in [0.4, 0.5) is 13.2 Å². The highest BCUT2D eigenvalue weighted by atomic mass is 32.1. The topological polar surface area (TPSA) is 46.0 Å². The summed E-state index contributed by atoms with van der Waals surface area (Å²) < 4.78 is 38.3. The lowest BCUT2D eigenvalue weighted by Crippen LogP contribution is -2.20. The first-order valence-electron chi connectivity index (χ1n) is 2.53. The van der Waals surface area contributed by atoms with Crippen molar-refractivity contribution < 1.29 is 18.3 Å². The Hall–Kier alpha value is -0.690. The third kappa shape index (κ3) is 1.87. The number of alkyl halides is 3. The lowest BCUT2D eigenvalue weighted by molar-refractivity contribution is -0.207. The van der Waals surface area contributed by atoms with E-state index < -0.39 is 18.0 Å². The molecule has 7 heteroatoms. The Morgan fingerprint density at radius 1 is 1.55 bits per heavy atom. The van der Waals surface area contributed by atoms with E-state index in [9.17, 15) is 13.2 Å². The average molecular weight is 184 g/mol. The fraction of sp³-hybridized carbons (Fsp3) is 0.500. The van der Waals surface area contributed by atoms with Gasteiger partial charge in [0.25, 0.3) is 0 Å². The van der Waals surface area contributed by atoms with E-state index in [0.717, 1.165) is 16.9 Å². The van der Waals surface area contributed by atoms with Crippen molar-refractivity contribution in [1.29, 1.82) is 0 Å². The van der Waals surface area contributed by atoms with Crippen LogP contribution in [0.1, 0.15) is 11.8 Å². The molecule has 0 radical (unpaired) electrons. The van der Waals surface area contributed by atoms with E-state index >= 15 is 0 Å². The third-order valence-corrected chi connectivity index (χ3v) is 1.49. The van der Waals surface area contributed by atoms with Gasteiger partial charge in [-0.2, -0.15) is 13.2 Å². The van der Waals surface area contributed by atoms with Crippen LogP contribution in [0.25, 0.3) is 0 Å². The molecule has 1 atom stereocenters. The number of aliphatic hydroxyl groups is 1. The summed E-state index contributed by atoms with van der Waals surface area (Å²) in [6.07, 6.45) is -7.17. The zero-order chi connectivity index (χ0) is 8.48. The van der Waals surface area contributed by atoms with Crippen LogP contribution in [0.3, 0.4) is 0 Å². The lowest BCUT2D eigenvalue weighted by Gasteiger charge is -2.10. The smallest absolute Gasteiger partial charge is 0.378 e. The Bertz CT molecular complexity index is 222. The first-order valence-corrected chi connectivity index (χ1v) is 3.37. The molecular formula is C4H3F3N2OS. The van der Waals surface area contributed by atoms with E-state index in [1.807, 2.05) is 0 Å². The van der Waals surface area contributed by atoms with Gasteiger partial charge in [-0.25, -0.2) is 0 Å². The molecule has 3 nitrogen and oxygen atoms in total. The predicted molar refractivity (Wildman–Crippen MR) is 30.9 cm³/mol. The van der Waals surface area contributed by atoms with Gasteiger partial charge in [-0.15, -0.1) is 5.10 Å². The van der Waals surface area contributed by atoms with Gasteiger partial charge < -0.3 is 5.11 Å². The number of nitrogens with zero attached hydrogens (tertiary/aromatic N) is 2. The molecule has 1 aromatic rings. The Morgan fingerprint density at radius 3 is 2.55 bits per heavy atom. The maximum Gasteiger partial charge on any atom is 0.420 e. The van der Waals surface area contributed by atoms with Gasteiger partial charge in [0.05, 0.1) is 0 Å². The normalized spacial score (nSPS) is 14.9. The number of hydrogen-bond donors (Lipinski definition) is 1. The Balaban J connectivity index is 2.78. The fourth-order valence-electron chi connectivity index (χ4n) is 0.459. The number of halogens is 3. The van der Waals surface area contributed by atoms with Crippen LogP contribution in [0, 0.1) is 0 Å². The predicted octanol–water partition coefficient (Wildman–Crippen LogP) is 1.13. The van der Waals surface area contributed by atoms with E-state index in [2.05, 4.69) is 9.59 Å². The summed E-state index contributed by atoms with van der Waals surface area (Å²) in [7, 11) is 0. The van der Waals surface area contributed by atoms with Crippen molar-refractivity contribution in [2.75, 3.05) is 0 Å². The van der Waals surface area contributed by atoms with Crippen molar-refractivity contribution in [2.24, 2.45) is 0 Å². The second kappa shape index (κ2) is 2.74. The summed E-state index contributed by atoms with van der Waals surface area (Å²) in [5, 5.41) is 12.7. The van der Waals surface area contributed by atoms with Gasteiger partial charge in [0.15, 0.2) is 6.10 Å². The quantitative estimate of drug-likeness (QED) is 0.711. The molecule has 62 valence electrons. The summed E-state index contributed by atoms with van der Waals surface area (Å²) in [4.78, 5) is 0. The fourth-order valence-corrected chi connectivity index (χ4v) is 0.931. The van der Waals surface area contributed by atoms with Crippen LogP contribution >= 0.6 is 11.5 Å². The van der Waals surface area contributed by atoms with Crippen LogP contribution < -0.4 is 0 Å². The van der Waals surface area contributed by atoms with Crippen molar-refractivity contribution in [3.05, 3.63) is 11.1 Å². The lowest BCUT2D eigenvalue weighted by atomic mass is 10.3. The van der Waals surface area contributed by atoms with Crippen molar-refractivity contribution in [3.8, 4) is 0 Å². The molecule has 0 fully saturated rings. The van der Waals surface area contributed by atoms with Gasteiger partial charge >= 0.3 is 6.18 Å². The van der Waals surface area contributed by atoms with Crippen molar-refractivity contribution in [2.45, 2.75) is 12.3 Å². The molecule has 1 heterocycles. The monoisotopic (exact) mass is 184 g/mol. The summed E-state index contributed by atoms with van der Waals surface area (Å²) >= 11 is 0.763. The van der Waals surface area contributed by atoms with Gasteiger partial charge in [0, 0.05) is 5.38 Å². The highest BCUT2D eigenvalue weighted by molar-refractivity contribution is 7.03. The standard InChI is InChI=1S/C4H3F3N2OS/c5-4(6,7)3(10)2-1-11-9-8-2/h1,3,10H. The van der Waals surface area contributed by atoms with Gasteiger partial charge in [-0.05, 0) is 11.5 Å². The summed E-state index contributed by atoms with van der Waals surface area (Å²) in [5.41, 5.74) is -0.456. The number of aromatic nitrogens is 2. The molecule has 1 aromatic heterocycles. The molecule has 0 bridgehead atoms. The van der Waals surface area contributed by atoms with E-state index in [1.54, 1.807) is 0 Å². The second-order valence-electron chi connectivity index (χ2n) is 1.77. The molecule has 1 rings (SSSR count). The van der Waals surface area contributed by atoms with Crippen molar-refractivity contribution >= 4 is 11.5 Å². The zero-order valence-electron chi connectivity index (χ0n) is 5.04. The molecule has 1 N–H and O–H groups in total. The minimum atomic E-state index is -4.66. The Labute approximate surface area is 63.6 Å². The first-order chi connectivity index (χ1) is 5.02. The minimum absolute atomic E-state index is 0.456. The van der Waals surface area contributed by atoms with Crippen LogP contribution in [0.2, 0.25) is 0 Å². The highest BCUT2D eigenvalue weighted by Crippen LogP contribution is 2.31. The van der Waals surface area contributed by atoms with E-state index in [4.69, 9.17) is 5.11 Å². The molecule has 0 aliphatic carbocycles. The van der Waals surface area contributed by atoms with Gasteiger partial charge in [0.2, 0.25) is 0 Å². The molecule has 11 heavy (non-hydrogen) atoms. The second-order valence-corrected chi connectivity index (χ2v) is 2.38. The third-order valence-electron chi connectivity index (χ3n) is 0.967. The maximum absolute atomic E-state index is 11.7. The van der Waals surface area contributed by atoms with Crippen LogP contribution in [-0.2, 0) is 0 Å². The summed E-state index contributed by atoms with van der Waals surface area (Å²) in [5.74, 6) is 0. The number of aliphatic hydroxyl groups excluding tert-OH is 1. The van der Waals surface area contributed by atoms with Crippen LogP contribution in [-0.4, -0.2) is 20.9 Å². The van der Waals surface area contributed by atoms with Crippen molar-refractivity contribution in [3.63, 3.8) is 0 Å². The maximum atomic E-state index is 11.7. The largest absolute Gasteiger partial charge is 0.420 e. The van der Waals surface area contributed by atoms with Crippen LogP contribution in [0.5, 0.6) is 0 Å². The molecule has 0 saturated heterocycles. The SMILES string of the molecule is OC(c1csnn1)C(F)(F)F. The first kappa shape index (κ1) is 8.41. The van der Waals surface area contributed by atoms with E-state index in [-0.39, 0.29) is 0 Å². The molecular weight excluding hydrogens is 181 g/mol. The summed E-state index contributed by atoms with van der Waals surface area (Å²) in [6.45, 7) is 0. The molecule has 1 unspecified atom stereocenters. The molecule has 0 saturated carbocycles. The van der Waals surface area contributed by atoms with Gasteiger partial charge in [0.1, 0.15) is 5.69 Å². The average Bonchev–Trinajstić information content (AvgIpc) is 2.34. The molecule has 0 amide bonds. The minimum Gasteiger partial charge on any atom is -0.378 e. The molecule has 0 aromatic carbocycles. The Morgan fingerprint density at radius 2 is 2.18 bits per heavy atom.